The van der Waals surface area contributed by atoms with Gasteiger partial charge < -0.3 is 46.0 Å². The van der Waals surface area contributed by atoms with Crippen LogP contribution in [-0.4, -0.2) is 108 Å². The number of hydrogen-bond donors (Lipinski definition) is 9. The number of phosphoric ester groups is 1. The normalized spacial score (nSPS) is 23.4. The summed E-state index contributed by atoms with van der Waals surface area (Å²) < 4.78 is 22.9. The van der Waals surface area contributed by atoms with E-state index in [4.69, 9.17) is 9.05 Å². The number of rotatable bonds is 40. The lowest BCUT2D eigenvalue weighted by Gasteiger charge is -2.41. The molecule has 0 heterocycles. The molecule has 360 valence electrons. The number of nitrogens with one attached hydrogen (secondary N) is 1. The molecule has 1 fully saturated rings. The first kappa shape index (κ1) is 57.8. The Labute approximate surface area is 369 Å². The molecule has 8 unspecified atom stereocenters. The maximum absolute atomic E-state index is 13.0. The van der Waals surface area contributed by atoms with Crippen LogP contribution in [0, 0.1) is 0 Å². The third-order valence-electron chi connectivity index (χ3n) is 11.8. The predicted octanol–water partition coefficient (Wildman–Crippen LogP) is 8.37. The van der Waals surface area contributed by atoms with Crippen LogP contribution >= 0.6 is 7.82 Å². The maximum Gasteiger partial charge on any atom is 0.472 e. The van der Waals surface area contributed by atoms with E-state index in [1.165, 1.54) is 134 Å². The summed E-state index contributed by atoms with van der Waals surface area (Å²) in [6.45, 7) is 3.73. The van der Waals surface area contributed by atoms with E-state index >= 15 is 0 Å². The number of phosphoric acid groups is 1. The summed E-state index contributed by atoms with van der Waals surface area (Å²) in [5.74, 6) is -0.601. The Morgan fingerprint density at radius 3 is 1.44 bits per heavy atom. The second kappa shape index (κ2) is 37.0. The summed E-state index contributed by atoms with van der Waals surface area (Å²) in [6.07, 6.45) is 27.0. The van der Waals surface area contributed by atoms with E-state index < -0.39 is 75.2 Å². The van der Waals surface area contributed by atoms with Gasteiger partial charge in [0.05, 0.1) is 31.3 Å². The van der Waals surface area contributed by atoms with Gasteiger partial charge in [0.1, 0.15) is 36.6 Å². The number of allylic oxidation sites excluding steroid dienone is 3. The van der Waals surface area contributed by atoms with Crippen molar-refractivity contribution in [1.82, 2.24) is 5.32 Å². The number of carbonyl (C=O) groups is 1. The Hall–Kier alpha value is -1.22. The zero-order chi connectivity index (χ0) is 45.1. The molecule has 0 spiro atoms. The van der Waals surface area contributed by atoms with Crippen LogP contribution in [0.25, 0.3) is 0 Å². The summed E-state index contributed by atoms with van der Waals surface area (Å²) in [7, 11) is -5.15. The highest BCUT2D eigenvalue weighted by Crippen LogP contribution is 2.47. The summed E-state index contributed by atoms with van der Waals surface area (Å²) in [5, 5.41) is 74.5. The van der Waals surface area contributed by atoms with Crippen LogP contribution in [-0.2, 0) is 18.4 Å². The molecule has 0 aromatic rings. The fourth-order valence-electron chi connectivity index (χ4n) is 7.79. The van der Waals surface area contributed by atoms with Crippen molar-refractivity contribution < 1.29 is 59.0 Å². The first-order chi connectivity index (χ1) is 29.3. The van der Waals surface area contributed by atoms with Crippen LogP contribution in [0.15, 0.2) is 24.3 Å². The fraction of sp³-hybridized carbons (Fsp3) is 0.894. The van der Waals surface area contributed by atoms with Gasteiger partial charge in [-0.05, 0) is 32.1 Å². The van der Waals surface area contributed by atoms with Gasteiger partial charge in [-0.25, -0.2) is 4.57 Å². The van der Waals surface area contributed by atoms with Gasteiger partial charge in [0, 0.05) is 0 Å². The smallest absolute Gasteiger partial charge is 0.393 e. The first-order valence-corrected chi connectivity index (χ1v) is 25.9. The van der Waals surface area contributed by atoms with Crippen LogP contribution in [0.5, 0.6) is 0 Å². The van der Waals surface area contributed by atoms with Crippen molar-refractivity contribution in [2.24, 2.45) is 0 Å². The van der Waals surface area contributed by atoms with E-state index in [1.807, 2.05) is 0 Å². The monoisotopic (exact) mass is 892 g/mol. The summed E-state index contributed by atoms with van der Waals surface area (Å²) in [5.41, 5.74) is 0. The SMILES string of the molecule is CCCCCCCCCCCCCCC/C=C/CC/C=C/C(O)C(COP(=O)(O)OC1C(O)C(O)C(O)C(O)C1O)NC(=O)CC(O)CCCCCCCCCCCCCC. The molecule has 0 radical (unpaired) electrons. The average Bonchev–Trinajstić information content (AvgIpc) is 3.23. The van der Waals surface area contributed by atoms with Gasteiger partial charge in [-0.15, -0.1) is 0 Å². The van der Waals surface area contributed by atoms with Crippen molar-refractivity contribution >= 4 is 13.7 Å². The van der Waals surface area contributed by atoms with Crippen molar-refractivity contribution in [2.75, 3.05) is 6.61 Å². The lowest BCUT2D eigenvalue weighted by atomic mass is 9.85. The molecule has 61 heavy (non-hydrogen) atoms. The van der Waals surface area contributed by atoms with E-state index in [1.54, 1.807) is 6.08 Å². The number of amides is 1. The van der Waals surface area contributed by atoms with Gasteiger partial charge in [0.25, 0.3) is 0 Å². The second-order valence-electron chi connectivity index (χ2n) is 17.5. The zero-order valence-corrected chi connectivity index (χ0v) is 39.0. The van der Waals surface area contributed by atoms with E-state index in [9.17, 15) is 50.0 Å². The molecule has 0 aromatic carbocycles. The van der Waals surface area contributed by atoms with E-state index in [2.05, 4.69) is 31.3 Å². The number of aliphatic hydroxyl groups is 7. The first-order valence-electron chi connectivity index (χ1n) is 24.4. The maximum atomic E-state index is 13.0. The predicted molar refractivity (Wildman–Crippen MR) is 243 cm³/mol. The van der Waals surface area contributed by atoms with Crippen molar-refractivity contribution in [3.8, 4) is 0 Å². The minimum absolute atomic E-state index is 0.249. The van der Waals surface area contributed by atoms with Crippen molar-refractivity contribution in [3.63, 3.8) is 0 Å². The number of unbranched alkanes of at least 4 members (excludes halogenated alkanes) is 25. The van der Waals surface area contributed by atoms with Crippen molar-refractivity contribution in [3.05, 3.63) is 24.3 Å². The molecule has 0 bridgehead atoms. The van der Waals surface area contributed by atoms with Crippen LogP contribution in [0.1, 0.15) is 206 Å². The zero-order valence-electron chi connectivity index (χ0n) is 38.1. The standard InChI is InChI=1S/C47H90NO12P/c1-3-5-7-9-11-13-15-17-18-19-20-21-22-23-25-27-29-31-33-35-40(50)39(37-59-61(57,58)60-47-45(55)43(53)42(52)44(54)46(47)56)48-41(51)36-38(49)34-32-30-28-26-24-16-14-12-10-8-6-4-2/h25,27,33,35,38-40,42-47,49-50,52-56H,3-24,26,28-32,34,36-37H2,1-2H3,(H,48,51)(H,57,58)/b27-25+,35-33+. The molecule has 0 aliphatic heterocycles. The Kier molecular flexibility index (Phi) is 35.1. The fourth-order valence-corrected chi connectivity index (χ4v) is 8.75. The third-order valence-corrected chi connectivity index (χ3v) is 12.8. The highest BCUT2D eigenvalue weighted by molar-refractivity contribution is 7.47. The molecule has 1 aliphatic rings. The van der Waals surface area contributed by atoms with E-state index in [0.29, 0.717) is 12.8 Å². The van der Waals surface area contributed by atoms with Gasteiger partial charge in [-0.2, -0.15) is 0 Å². The van der Waals surface area contributed by atoms with Crippen LogP contribution in [0.3, 0.4) is 0 Å². The van der Waals surface area contributed by atoms with E-state index in [-0.39, 0.29) is 6.42 Å². The van der Waals surface area contributed by atoms with Gasteiger partial charge in [0.2, 0.25) is 5.91 Å². The minimum Gasteiger partial charge on any atom is -0.393 e. The Bertz CT molecular complexity index is 1140. The Morgan fingerprint density at radius 1 is 0.574 bits per heavy atom. The highest BCUT2D eigenvalue weighted by Gasteiger charge is 2.51. The molecule has 1 aliphatic carbocycles. The highest BCUT2D eigenvalue weighted by atomic mass is 31.2. The van der Waals surface area contributed by atoms with Crippen molar-refractivity contribution in [1.29, 1.82) is 0 Å². The van der Waals surface area contributed by atoms with Crippen LogP contribution in [0.2, 0.25) is 0 Å². The third kappa shape index (κ3) is 29.0. The quantitative estimate of drug-likeness (QED) is 0.0161. The number of aliphatic hydroxyl groups excluding tert-OH is 7. The largest absolute Gasteiger partial charge is 0.472 e. The number of hydrogen-bond acceptors (Lipinski definition) is 11. The molecule has 8 atom stereocenters. The molecule has 9 N–H and O–H groups in total. The van der Waals surface area contributed by atoms with Crippen LogP contribution < -0.4 is 5.32 Å². The molecule has 1 rings (SSSR count). The molecular formula is C47H90NO12P. The molecule has 1 amide bonds. The number of carbonyl (C=O) groups excluding carboxylic acids is 1. The molecule has 0 saturated heterocycles. The molecular weight excluding hydrogens is 801 g/mol. The van der Waals surface area contributed by atoms with Gasteiger partial charge in [-0.3, -0.25) is 13.8 Å². The lowest BCUT2D eigenvalue weighted by molar-refractivity contribution is -0.220. The summed E-state index contributed by atoms with van der Waals surface area (Å²) >= 11 is 0. The van der Waals surface area contributed by atoms with E-state index in [0.717, 1.165) is 44.9 Å². The van der Waals surface area contributed by atoms with Crippen molar-refractivity contribution in [2.45, 2.75) is 261 Å². The average molecular weight is 892 g/mol. The van der Waals surface area contributed by atoms with Crippen LogP contribution in [0.4, 0.5) is 0 Å². The van der Waals surface area contributed by atoms with Gasteiger partial charge in [-0.1, -0.05) is 192 Å². The lowest BCUT2D eigenvalue weighted by Crippen LogP contribution is -2.64. The van der Waals surface area contributed by atoms with Gasteiger partial charge >= 0.3 is 7.82 Å². The summed E-state index contributed by atoms with van der Waals surface area (Å²) in [4.78, 5) is 23.4. The summed E-state index contributed by atoms with van der Waals surface area (Å²) in [6, 6.07) is -1.25. The Morgan fingerprint density at radius 2 is 0.967 bits per heavy atom. The minimum atomic E-state index is -5.15. The Balaban J connectivity index is 2.55. The molecule has 0 aromatic heterocycles. The van der Waals surface area contributed by atoms with Gasteiger partial charge in [0.15, 0.2) is 0 Å². The molecule has 1 saturated carbocycles. The topological polar surface area (TPSA) is 226 Å². The molecule has 14 heteroatoms. The molecule has 13 nitrogen and oxygen atoms in total. The second-order valence-corrected chi connectivity index (χ2v) is 18.9.